The van der Waals surface area contributed by atoms with Crippen LogP contribution in [0.25, 0.3) is 0 Å². The van der Waals surface area contributed by atoms with Crippen molar-refractivity contribution in [2.75, 3.05) is 6.61 Å². The van der Waals surface area contributed by atoms with Gasteiger partial charge in [0.05, 0.1) is 11.7 Å². The molecule has 0 amide bonds. The van der Waals surface area contributed by atoms with Crippen molar-refractivity contribution >= 4 is 22.8 Å². The van der Waals surface area contributed by atoms with Gasteiger partial charge in [0.2, 0.25) is 5.12 Å². The predicted octanol–water partition coefficient (Wildman–Crippen LogP) is 1.88. The Labute approximate surface area is 91.8 Å². The lowest BCUT2D eigenvalue weighted by Crippen LogP contribution is -2.06. The minimum atomic E-state index is -0.214. The van der Waals surface area contributed by atoms with Crippen molar-refractivity contribution in [3.63, 3.8) is 0 Å². The van der Waals surface area contributed by atoms with Crippen LogP contribution >= 0.6 is 11.8 Å². The Morgan fingerprint density at radius 2 is 2.07 bits per heavy atom. The summed E-state index contributed by atoms with van der Waals surface area (Å²) in [6, 6.07) is 9.05. The monoisotopic (exact) mass is 222 g/mol. The molecule has 1 unspecified atom stereocenters. The summed E-state index contributed by atoms with van der Waals surface area (Å²) < 4.78 is 4.79. The number of benzene rings is 1. The SMILES string of the molecule is O=C1CC(SC(=O)c2ccccc2)CO1. The number of esters is 1. The summed E-state index contributed by atoms with van der Waals surface area (Å²) in [5.74, 6) is -0.214. The van der Waals surface area contributed by atoms with Crippen molar-refractivity contribution in [1.29, 1.82) is 0 Å². The summed E-state index contributed by atoms with van der Waals surface area (Å²) in [4.78, 5) is 22.5. The molecule has 1 aliphatic heterocycles. The molecule has 1 heterocycles. The summed E-state index contributed by atoms with van der Waals surface area (Å²) >= 11 is 1.18. The Morgan fingerprint density at radius 3 is 2.67 bits per heavy atom. The molecule has 0 N–H and O–H groups in total. The number of hydrogen-bond donors (Lipinski definition) is 0. The predicted molar refractivity (Wildman–Crippen MR) is 57.7 cm³/mol. The third-order valence-electron chi connectivity index (χ3n) is 2.11. The molecule has 1 aliphatic rings. The summed E-state index contributed by atoms with van der Waals surface area (Å²) in [6.07, 6.45) is 0.337. The molecule has 0 saturated carbocycles. The second kappa shape index (κ2) is 4.49. The third kappa shape index (κ3) is 2.59. The Kier molecular flexibility index (Phi) is 3.06. The van der Waals surface area contributed by atoms with Gasteiger partial charge in [-0.3, -0.25) is 9.59 Å². The van der Waals surface area contributed by atoms with E-state index in [4.69, 9.17) is 4.74 Å². The zero-order chi connectivity index (χ0) is 10.7. The van der Waals surface area contributed by atoms with E-state index in [-0.39, 0.29) is 16.3 Å². The third-order valence-corrected chi connectivity index (χ3v) is 3.19. The second-order valence-electron chi connectivity index (χ2n) is 3.28. The minimum absolute atomic E-state index is 0.00102. The van der Waals surface area contributed by atoms with Crippen LogP contribution < -0.4 is 0 Å². The molecule has 0 aliphatic carbocycles. The lowest BCUT2D eigenvalue weighted by molar-refractivity contribution is -0.137. The van der Waals surface area contributed by atoms with Crippen molar-refractivity contribution in [2.24, 2.45) is 0 Å². The number of rotatable bonds is 2. The van der Waals surface area contributed by atoms with Gasteiger partial charge in [-0.1, -0.05) is 42.1 Å². The van der Waals surface area contributed by atoms with Crippen LogP contribution in [-0.4, -0.2) is 22.9 Å². The fraction of sp³-hybridized carbons (Fsp3) is 0.273. The van der Waals surface area contributed by atoms with Gasteiger partial charge in [-0.25, -0.2) is 0 Å². The van der Waals surface area contributed by atoms with Crippen LogP contribution in [0.1, 0.15) is 16.8 Å². The van der Waals surface area contributed by atoms with Crippen molar-refractivity contribution in [3.05, 3.63) is 35.9 Å². The maximum Gasteiger partial charge on any atom is 0.307 e. The number of carbonyl (C=O) groups is 2. The molecule has 0 bridgehead atoms. The smallest absolute Gasteiger partial charge is 0.307 e. The van der Waals surface area contributed by atoms with E-state index < -0.39 is 0 Å². The van der Waals surface area contributed by atoms with Crippen molar-refractivity contribution in [3.8, 4) is 0 Å². The highest BCUT2D eigenvalue weighted by atomic mass is 32.2. The van der Waals surface area contributed by atoms with E-state index >= 15 is 0 Å². The van der Waals surface area contributed by atoms with Gasteiger partial charge in [0.25, 0.3) is 0 Å². The molecule has 0 spiro atoms. The zero-order valence-electron chi connectivity index (χ0n) is 8.01. The first-order valence-corrected chi connectivity index (χ1v) is 5.55. The summed E-state index contributed by atoms with van der Waals surface area (Å²) in [5, 5.41) is -0.0240. The van der Waals surface area contributed by atoms with E-state index in [1.807, 2.05) is 18.2 Å². The quantitative estimate of drug-likeness (QED) is 0.716. The first-order chi connectivity index (χ1) is 7.25. The minimum Gasteiger partial charge on any atom is -0.464 e. The highest BCUT2D eigenvalue weighted by Crippen LogP contribution is 2.24. The van der Waals surface area contributed by atoms with Crippen molar-refractivity contribution in [2.45, 2.75) is 11.7 Å². The fourth-order valence-corrected chi connectivity index (χ4v) is 2.29. The second-order valence-corrected chi connectivity index (χ2v) is 4.55. The van der Waals surface area contributed by atoms with Gasteiger partial charge in [-0.05, 0) is 0 Å². The topological polar surface area (TPSA) is 43.4 Å². The first kappa shape index (κ1) is 10.2. The molecule has 78 valence electrons. The highest BCUT2D eigenvalue weighted by Gasteiger charge is 2.26. The van der Waals surface area contributed by atoms with Crippen LogP contribution in [0.4, 0.5) is 0 Å². The normalized spacial score (nSPS) is 20.0. The summed E-state index contributed by atoms with van der Waals surface area (Å²) in [5.41, 5.74) is 0.668. The number of ether oxygens (including phenoxy) is 1. The zero-order valence-corrected chi connectivity index (χ0v) is 8.83. The van der Waals surface area contributed by atoms with E-state index in [0.717, 1.165) is 0 Å². The van der Waals surface area contributed by atoms with Crippen LogP contribution in [0.5, 0.6) is 0 Å². The maximum atomic E-state index is 11.7. The highest BCUT2D eigenvalue weighted by molar-refractivity contribution is 8.14. The molecule has 1 atom stereocenters. The van der Waals surface area contributed by atoms with E-state index in [2.05, 4.69) is 0 Å². The van der Waals surface area contributed by atoms with Crippen molar-refractivity contribution in [1.82, 2.24) is 0 Å². The van der Waals surface area contributed by atoms with Gasteiger partial charge in [0, 0.05) is 5.56 Å². The Morgan fingerprint density at radius 1 is 1.33 bits per heavy atom. The van der Waals surface area contributed by atoms with Gasteiger partial charge in [-0.15, -0.1) is 0 Å². The maximum absolute atomic E-state index is 11.7. The lowest BCUT2D eigenvalue weighted by atomic mass is 10.2. The van der Waals surface area contributed by atoms with Gasteiger partial charge in [0.1, 0.15) is 6.61 Å². The van der Waals surface area contributed by atoms with Gasteiger partial charge in [-0.2, -0.15) is 0 Å². The Hall–Kier alpha value is -1.29. The van der Waals surface area contributed by atoms with E-state index in [1.165, 1.54) is 11.8 Å². The molecular formula is C11H10O3S. The number of cyclic esters (lactones) is 1. The van der Waals surface area contributed by atoms with Crippen LogP contribution in [-0.2, 0) is 9.53 Å². The molecule has 2 rings (SSSR count). The molecular weight excluding hydrogens is 212 g/mol. The average molecular weight is 222 g/mol. The number of hydrogen-bond acceptors (Lipinski definition) is 4. The van der Waals surface area contributed by atoms with Gasteiger partial charge < -0.3 is 4.74 Å². The van der Waals surface area contributed by atoms with Gasteiger partial charge >= 0.3 is 5.97 Å². The van der Waals surface area contributed by atoms with Gasteiger partial charge in [0.15, 0.2) is 0 Å². The molecule has 1 aromatic rings. The number of carbonyl (C=O) groups excluding carboxylic acids is 2. The van der Waals surface area contributed by atoms with Crippen LogP contribution in [0.15, 0.2) is 30.3 Å². The molecule has 1 aromatic carbocycles. The summed E-state index contributed by atoms with van der Waals surface area (Å²) in [6.45, 7) is 0.349. The molecule has 15 heavy (non-hydrogen) atoms. The average Bonchev–Trinajstić information content (AvgIpc) is 2.65. The van der Waals surface area contributed by atoms with E-state index in [9.17, 15) is 9.59 Å². The van der Waals surface area contributed by atoms with Crippen molar-refractivity contribution < 1.29 is 14.3 Å². The lowest BCUT2D eigenvalue weighted by Gasteiger charge is -2.03. The van der Waals surface area contributed by atoms with Crippen LogP contribution in [0, 0.1) is 0 Å². The van der Waals surface area contributed by atoms with E-state index in [0.29, 0.717) is 18.6 Å². The fourth-order valence-electron chi connectivity index (χ4n) is 1.36. The van der Waals surface area contributed by atoms with Crippen LogP contribution in [0.3, 0.4) is 0 Å². The number of thioether (sulfide) groups is 1. The largest absolute Gasteiger partial charge is 0.464 e. The molecule has 0 aromatic heterocycles. The molecule has 0 radical (unpaired) electrons. The van der Waals surface area contributed by atoms with Crippen LogP contribution in [0.2, 0.25) is 0 Å². The molecule has 4 heteroatoms. The Balaban J connectivity index is 1.96. The molecule has 1 saturated heterocycles. The molecule has 3 nitrogen and oxygen atoms in total. The summed E-state index contributed by atoms with van der Waals surface area (Å²) in [7, 11) is 0. The molecule has 1 fully saturated rings. The standard InChI is InChI=1S/C11H10O3S/c12-10-6-9(7-14-10)15-11(13)8-4-2-1-3-5-8/h1-5,9H,6-7H2. The first-order valence-electron chi connectivity index (χ1n) is 4.67. The Bertz CT molecular complexity index is 375. The van der Waals surface area contributed by atoms with E-state index in [1.54, 1.807) is 12.1 Å².